The van der Waals surface area contributed by atoms with Gasteiger partial charge in [0.05, 0.1) is 24.6 Å². The van der Waals surface area contributed by atoms with Crippen LogP contribution in [0.4, 0.5) is 4.39 Å². The largest absolute Gasteiger partial charge is 0.344 e. The zero-order valence-electron chi connectivity index (χ0n) is 28.1. The van der Waals surface area contributed by atoms with Gasteiger partial charge in [-0.1, -0.05) is 57.8 Å². The van der Waals surface area contributed by atoms with Crippen LogP contribution in [-0.4, -0.2) is 67.4 Å². The summed E-state index contributed by atoms with van der Waals surface area (Å²) in [6.07, 6.45) is 7.11. The Labute approximate surface area is 274 Å². The molecule has 0 radical (unpaired) electrons. The molecule has 3 atom stereocenters. The molecule has 254 valence electrons. The zero-order valence-corrected chi connectivity index (χ0v) is 28.1. The van der Waals surface area contributed by atoms with Crippen LogP contribution in [0.15, 0.2) is 35.4 Å². The second kappa shape index (κ2) is 15.9. The van der Waals surface area contributed by atoms with Crippen molar-refractivity contribution in [2.75, 3.05) is 7.05 Å². The van der Waals surface area contributed by atoms with Crippen molar-refractivity contribution in [3.05, 3.63) is 64.7 Å². The number of carbonyl (C=O) groups is 4. The number of nitrogens with zero attached hydrogens (tertiary/aromatic N) is 5. The first-order valence-corrected chi connectivity index (χ1v) is 16.4. The summed E-state index contributed by atoms with van der Waals surface area (Å²) >= 11 is 0. The molecule has 3 aromatic rings. The molecule has 13 heteroatoms. The van der Waals surface area contributed by atoms with E-state index < -0.39 is 29.7 Å². The summed E-state index contributed by atoms with van der Waals surface area (Å²) in [6, 6.07) is 2.77. The lowest BCUT2D eigenvalue weighted by Crippen LogP contribution is -2.49. The fourth-order valence-electron chi connectivity index (χ4n) is 6.15. The molecule has 12 nitrogen and oxygen atoms in total. The third kappa shape index (κ3) is 8.69. The molecule has 0 aliphatic heterocycles. The van der Waals surface area contributed by atoms with Gasteiger partial charge in [-0.05, 0) is 53.4 Å². The number of nitrogens with one attached hydrogen (secondary N) is 2. The summed E-state index contributed by atoms with van der Waals surface area (Å²) in [5, 5.41) is 13.2. The monoisotopic (exact) mass is 651 g/mol. The van der Waals surface area contributed by atoms with Crippen molar-refractivity contribution in [2.45, 2.75) is 97.2 Å². The molecule has 2 N–H and O–H groups in total. The highest BCUT2D eigenvalue weighted by molar-refractivity contribution is 5.97. The molecule has 47 heavy (non-hydrogen) atoms. The maximum Gasteiger partial charge on any atom is 0.276 e. The second-order valence-corrected chi connectivity index (χ2v) is 12.8. The molecule has 3 amide bonds. The number of Topliss-reactive ketones (excluding diaryl/α,β-unsaturated/α-hetero) is 1. The van der Waals surface area contributed by atoms with Gasteiger partial charge in [-0.2, -0.15) is 0 Å². The Bertz CT molecular complexity index is 1560. The zero-order chi connectivity index (χ0) is 34.2. The minimum absolute atomic E-state index is 0.0456. The van der Waals surface area contributed by atoms with Gasteiger partial charge in [-0.25, -0.2) is 14.0 Å². The van der Waals surface area contributed by atoms with E-state index in [1.165, 1.54) is 11.0 Å². The first-order valence-electron chi connectivity index (χ1n) is 16.4. The van der Waals surface area contributed by atoms with Crippen LogP contribution in [0.2, 0.25) is 0 Å². The molecular formula is C34H46FN7O5. The number of aryl methyl sites for hydroxylation is 2. The topological polar surface area (TPSA) is 152 Å². The van der Waals surface area contributed by atoms with Crippen molar-refractivity contribution in [3.8, 4) is 0 Å². The molecule has 0 unspecified atom stereocenters. The van der Waals surface area contributed by atoms with Gasteiger partial charge >= 0.3 is 0 Å². The van der Waals surface area contributed by atoms with Gasteiger partial charge < -0.3 is 20.1 Å². The van der Waals surface area contributed by atoms with Gasteiger partial charge in [0.1, 0.15) is 17.6 Å². The van der Waals surface area contributed by atoms with Crippen LogP contribution in [0.3, 0.4) is 0 Å². The molecule has 4 rings (SSSR count). The SMILES string of the molecule is CCC(=O)N[C@@H](C(=O)N(C)Cc1cncn1C)[C@@H](C)c1ccc(CC(=O)[C@@H](NC(=O)c2nonc2CC)C2CCC(C)CC2)c(F)c1. The minimum atomic E-state index is -0.945. The van der Waals surface area contributed by atoms with Crippen molar-refractivity contribution in [3.63, 3.8) is 0 Å². The summed E-state index contributed by atoms with van der Waals surface area (Å²) in [7, 11) is 3.48. The molecule has 1 aliphatic carbocycles. The lowest BCUT2D eigenvalue weighted by atomic mass is 9.77. The van der Waals surface area contributed by atoms with E-state index in [9.17, 15) is 19.2 Å². The molecule has 1 aliphatic rings. The van der Waals surface area contributed by atoms with Crippen LogP contribution in [0.25, 0.3) is 0 Å². The summed E-state index contributed by atoms with van der Waals surface area (Å²) in [5.41, 5.74) is 1.94. The number of halogens is 1. The Hall–Kier alpha value is -4.42. The lowest BCUT2D eigenvalue weighted by molar-refractivity contribution is -0.136. The van der Waals surface area contributed by atoms with Gasteiger partial charge in [0.2, 0.25) is 11.8 Å². The number of aromatic nitrogens is 4. The minimum Gasteiger partial charge on any atom is -0.344 e. The van der Waals surface area contributed by atoms with E-state index in [0.717, 1.165) is 31.4 Å². The molecule has 0 saturated heterocycles. The third-order valence-electron chi connectivity index (χ3n) is 9.33. The van der Waals surface area contributed by atoms with E-state index in [1.54, 1.807) is 50.1 Å². The van der Waals surface area contributed by atoms with Crippen molar-refractivity contribution in [2.24, 2.45) is 18.9 Å². The highest BCUT2D eigenvalue weighted by atomic mass is 19.1. The van der Waals surface area contributed by atoms with Gasteiger partial charge in [0.15, 0.2) is 11.5 Å². The Morgan fingerprint density at radius 2 is 1.83 bits per heavy atom. The molecule has 0 spiro atoms. The Kier molecular flexibility index (Phi) is 12.0. The first kappa shape index (κ1) is 35.4. The number of ketones is 1. The van der Waals surface area contributed by atoms with E-state index >= 15 is 4.39 Å². The van der Waals surface area contributed by atoms with E-state index in [-0.39, 0.29) is 54.2 Å². The fraction of sp³-hybridized carbons (Fsp3) is 0.559. The number of benzene rings is 1. The van der Waals surface area contributed by atoms with E-state index in [2.05, 4.69) is 32.9 Å². The average molecular weight is 652 g/mol. The number of hydrogen-bond acceptors (Lipinski definition) is 8. The van der Waals surface area contributed by atoms with E-state index in [0.29, 0.717) is 23.6 Å². The molecule has 0 bridgehead atoms. The number of amides is 3. The molecule has 2 heterocycles. The Balaban J connectivity index is 1.52. The third-order valence-corrected chi connectivity index (χ3v) is 9.33. The van der Waals surface area contributed by atoms with Gasteiger partial charge in [-0.3, -0.25) is 19.2 Å². The maximum atomic E-state index is 15.7. The summed E-state index contributed by atoms with van der Waals surface area (Å²) in [5.74, 6) is -2.20. The first-order chi connectivity index (χ1) is 22.4. The van der Waals surface area contributed by atoms with E-state index in [1.807, 2.05) is 14.0 Å². The van der Waals surface area contributed by atoms with Gasteiger partial charge in [-0.15, -0.1) is 0 Å². The lowest BCUT2D eigenvalue weighted by Gasteiger charge is -2.32. The number of carbonyl (C=O) groups excluding carboxylic acids is 4. The summed E-state index contributed by atoms with van der Waals surface area (Å²) in [4.78, 5) is 58.6. The fourth-order valence-corrected chi connectivity index (χ4v) is 6.15. The van der Waals surface area contributed by atoms with Crippen molar-refractivity contribution < 1.29 is 28.2 Å². The van der Waals surface area contributed by atoms with Crippen LogP contribution in [0.5, 0.6) is 0 Å². The molecule has 1 fully saturated rings. The predicted octanol–water partition coefficient (Wildman–Crippen LogP) is 3.90. The highest BCUT2D eigenvalue weighted by Gasteiger charge is 2.35. The van der Waals surface area contributed by atoms with Gasteiger partial charge in [0, 0.05) is 39.1 Å². The second-order valence-electron chi connectivity index (χ2n) is 12.8. The maximum absolute atomic E-state index is 15.7. The van der Waals surface area contributed by atoms with Crippen LogP contribution in [-0.2, 0) is 40.8 Å². The van der Waals surface area contributed by atoms with Crippen LogP contribution < -0.4 is 10.6 Å². The molecular weight excluding hydrogens is 605 g/mol. The molecule has 2 aromatic heterocycles. The quantitative estimate of drug-likeness (QED) is 0.266. The van der Waals surface area contributed by atoms with Crippen molar-refractivity contribution >= 4 is 23.5 Å². The van der Waals surface area contributed by atoms with E-state index in [4.69, 9.17) is 4.63 Å². The predicted molar refractivity (Wildman–Crippen MR) is 171 cm³/mol. The summed E-state index contributed by atoms with van der Waals surface area (Å²) in [6.45, 7) is 7.73. The van der Waals surface area contributed by atoms with Crippen molar-refractivity contribution in [1.82, 2.24) is 35.4 Å². The highest BCUT2D eigenvalue weighted by Crippen LogP contribution is 2.32. The van der Waals surface area contributed by atoms with Crippen LogP contribution in [0, 0.1) is 17.7 Å². The van der Waals surface area contributed by atoms with Gasteiger partial charge in [0.25, 0.3) is 5.91 Å². The number of imidazole rings is 1. The average Bonchev–Trinajstić information content (AvgIpc) is 3.71. The summed E-state index contributed by atoms with van der Waals surface area (Å²) < 4.78 is 22.3. The number of likely N-dealkylation sites (N-methyl/N-ethyl adjacent to an activating group) is 1. The smallest absolute Gasteiger partial charge is 0.276 e. The Morgan fingerprint density at radius 1 is 1.11 bits per heavy atom. The van der Waals surface area contributed by atoms with Crippen LogP contribution in [0.1, 0.15) is 98.7 Å². The van der Waals surface area contributed by atoms with Crippen molar-refractivity contribution in [1.29, 1.82) is 0 Å². The normalized spacial score (nSPS) is 18.2. The molecule has 1 saturated carbocycles. The Morgan fingerprint density at radius 3 is 2.45 bits per heavy atom. The number of hydrogen-bond donors (Lipinski definition) is 2. The number of rotatable bonds is 14. The standard InChI is InChI=1S/C34H46FN7O5/c1-7-27-32(40-47-39-27)33(45)38-31(22-11-9-20(3)10-12-22)28(43)16-24-14-13-23(15-26(24)35)21(4)30(37-29(44)8-2)34(46)41(5)18-25-17-36-19-42(25)6/h13-15,17,19-22,30-31H,7-12,16,18H2,1-6H3,(H,37,44)(H,38,45)/t20?,21-,22?,30+,31-/m0/s1. The molecule has 1 aromatic carbocycles. The van der Waals surface area contributed by atoms with Crippen LogP contribution >= 0.6 is 0 Å².